The summed E-state index contributed by atoms with van der Waals surface area (Å²) in [6.45, 7) is 3.90. The molecule has 0 heterocycles. The topological polar surface area (TPSA) is 9.23 Å². The molecule has 1 nitrogen and oxygen atoms in total. The van der Waals surface area contributed by atoms with Gasteiger partial charge in [0.05, 0.1) is 0 Å². The number of halogens is 1. The van der Waals surface area contributed by atoms with E-state index in [1.807, 2.05) is 0 Å². The minimum atomic E-state index is -1.46. The van der Waals surface area contributed by atoms with E-state index in [4.69, 9.17) is 4.74 Å². The fourth-order valence-electron chi connectivity index (χ4n) is 0.739. The summed E-state index contributed by atoms with van der Waals surface area (Å²) in [5.74, 6) is 0. The quantitative estimate of drug-likeness (QED) is 0.415. The van der Waals surface area contributed by atoms with Gasteiger partial charge in [0, 0.05) is 0 Å². The van der Waals surface area contributed by atoms with Crippen LogP contribution in [0.25, 0.3) is 0 Å². The van der Waals surface area contributed by atoms with Gasteiger partial charge < -0.3 is 0 Å². The summed E-state index contributed by atoms with van der Waals surface area (Å²) < 4.78 is 6.71. The molecule has 0 aromatic carbocycles. The second-order valence-electron chi connectivity index (χ2n) is 3.02. The fraction of sp³-hybridized carbons (Fsp3) is 1.00. The zero-order chi connectivity index (χ0) is 8.04. The van der Waals surface area contributed by atoms with Crippen LogP contribution in [0, 0.1) is 0 Å². The van der Waals surface area contributed by atoms with Gasteiger partial charge in [-0.05, 0) is 0 Å². The standard InChI is InChI=1S/C5H11O.2CH3.HI.Sn/c1-3-5-6-4-2;;;;/h1,3-5H2,2H3;2*1H3;1H;/q;;;;+1/p-1. The van der Waals surface area contributed by atoms with Crippen molar-refractivity contribution in [3.05, 3.63) is 0 Å². The molecule has 10 heavy (non-hydrogen) atoms. The molecule has 0 bridgehead atoms. The summed E-state index contributed by atoms with van der Waals surface area (Å²) in [7, 11) is 0. The molecule has 0 atom stereocenters. The molecule has 0 rings (SSSR count). The molecule has 0 aliphatic carbocycles. The van der Waals surface area contributed by atoms with E-state index in [1.165, 1.54) is 10.9 Å². The Morgan fingerprint density at radius 1 is 1.40 bits per heavy atom. The molecule has 0 radical (unpaired) electrons. The summed E-state index contributed by atoms with van der Waals surface area (Å²) in [4.78, 5) is 4.92. The van der Waals surface area contributed by atoms with E-state index in [0.29, 0.717) is 0 Å². The normalized spacial score (nSPS) is 12.0. The van der Waals surface area contributed by atoms with Crippen molar-refractivity contribution in [3.63, 3.8) is 0 Å². The Morgan fingerprint density at radius 3 is 2.40 bits per heavy atom. The molecule has 0 fully saturated rings. The Labute approximate surface area is 78.0 Å². The van der Waals surface area contributed by atoms with Gasteiger partial charge in [0.25, 0.3) is 0 Å². The van der Waals surface area contributed by atoms with Crippen LogP contribution in [0.4, 0.5) is 0 Å². The first-order valence-corrected chi connectivity index (χ1v) is 19.9. The van der Waals surface area contributed by atoms with Crippen LogP contribution in [-0.4, -0.2) is 27.6 Å². The first kappa shape index (κ1) is 11.5. The summed E-state index contributed by atoms with van der Waals surface area (Å²) in [5.41, 5.74) is 0. The van der Waals surface area contributed by atoms with Gasteiger partial charge in [0.15, 0.2) is 0 Å². The Kier molecular flexibility index (Phi) is 6.96. The maximum atomic E-state index is 5.26. The van der Waals surface area contributed by atoms with Crippen molar-refractivity contribution in [1.29, 1.82) is 0 Å². The van der Waals surface area contributed by atoms with Crippen LogP contribution in [0.1, 0.15) is 13.3 Å². The third-order valence-corrected chi connectivity index (χ3v) is 9.28. The predicted octanol–water partition coefficient (Wildman–Crippen LogP) is 3.05. The number of hydrogen-bond acceptors (Lipinski definition) is 1. The first-order chi connectivity index (χ1) is 4.56. The van der Waals surface area contributed by atoms with Crippen molar-refractivity contribution < 1.29 is 4.74 Å². The molecular formula is C7H17IOSn. The van der Waals surface area contributed by atoms with Gasteiger partial charge in [-0.2, -0.15) is 0 Å². The monoisotopic (exact) mass is 364 g/mol. The molecule has 0 saturated heterocycles. The maximum absolute atomic E-state index is 5.26. The average Bonchev–Trinajstić information content (AvgIpc) is 1.78. The molecule has 0 aliphatic rings. The average molecular weight is 363 g/mol. The number of rotatable bonds is 5. The van der Waals surface area contributed by atoms with Crippen LogP contribution in [0.15, 0.2) is 0 Å². The van der Waals surface area contributed by atoms with E-state index in [1.54, 1.807) is 0 Å². The van der Waals surface area contributed by atoms with E-state index >= 15 is 0 Å². The van der Waals surface area contributed by atoms with Crippen molar-refractivity contribution in [1.82, 2.24) is 0 Å². The summed E-state index contributed by atoms with van der Waals surface area (Å²) in [6.07, 6.45) is 1.28. The molecule has 0 spiro atoms. The molecule has 0 N–H and O–H groups in total. The van der Waals surface area contributed by atoms with Crippen LogP contribution in [0.2, 0.25) is 14.3 Å². The Bertz CT molecular complexity index is 80.2. The SMILES string of the molecule is CCOCC[CH2][Sn]([CH3])([CH3])[I]. The number of hydrogen-bond donors (Lipinski definition) is 0. The third kappa shape index (κ3) is 9.49. The second kappa shape index (κ2) is 6.05. The van der Waals surface area contributed by atoms with E-state index in [2.05, 4.69) is 35.4 Å². The van der Waals surface area contributed by atoms with Gasteiger partial charge >= 0.3 is 78.7 Å². The summed E-state index contributed by atoms with van der Waals surface area (Å²) >= 11 is 1.22. The van der Waals surface area contributed by atoms with Crippen LogP contribution in [0.3, 0.4) is 0 Å². The summed E-state index contributed by atoms with van der Waals surface area (Å²) in [6, 6.07) is 0. The fourth-order valence-corrected chi connectivity index (χ4v) is 6.11. The van der Waals surface area contributed by atoms with E-state index in [9.17, 15) is 0 Å². The van der Waals surface area contributed by atoms with Gasteiger partial charge in [-0.3, -0.25) is 0 Å². The molecule has 62 valence electrons. The van der Waals surface area contributed by atoms with Crippen LogP contribution in [-0.2, 0) is 4.74 Å². The first-order valence-electron chi connectivity index (χ1n) is 3.83. The van der Waals surface area contributed by atoms with E-state index in [0.717, 1.165) is 13.2 Å². The molecular weight excluding hydrogens is 346 g/mol. The molecule has 0 aromatic heterocycles. The van der Waals surface area contributed by atoms with Gasteiger partial charge in [-0.1, -0.05) is 0 Å². The Balaban J connectivity index is 3.04. The number of ether oxygens (including phenoxy) is 1. The second-order valence-corrected chi connectivity index (χ2v) is 33.8. The van der Waals surface area contributed by atoms with Crippen molar-refractivity contribution in [2.45, 2.75) is 27.7 Å². The van der Waals surface area contributed by atoms with Gasteiger partial charge in [-0.25, -0.2) is 0 Å². The zero-order valence-corrected chi connectivity index (χ0v) is 12.1. The van der Waals surface area contributed by atoms with Crippen LogP contribution < -0.4 is 0 Å². The zero-order valence-electron chi connectivity index (χ0n) is 7.11. The molecule has 0 unspecified atom stereocenters. The van der Waals surface area contributed by atoms with Crippen molar-refractivity contribution in [3.8, 4) is 0 Å². The van der Waals surface area contributed by atoms with Crippen molar-refractivity contribution >= 4 is 33.0 Å². The minimum absolute atomic E-state index is 0.872. The van der Waals surface area contributed by atoms with Crippen LogP contribution >= 0.6 is 18.6 Å². The molecule has 3 heteroatoms. The van der Waals surface area contributed by atoms with Gasteiger partial charge in [-0.15, -0.1) is 0 Å². The van der Waals surface area contributed by atoms with Gasteiger partial charge in [0.2, 0.25) is 0 Å². The van der Waals surface area contributed by atoms with Gasteiger partial charge in [0.1, 0.15) is 0 Å². The molecule has 0 aliphatic heterocycles. The molecule has 0 aromatic rings. The molecule has 0 amide bonds. The molecule has 0 saturated carbocycles. The van der Waals surface area contributed by atoms with Crippen LogP contribution in [0.5, 0.6) is 0 Å². The predicted molar refractivity (Wildman–Crippen MR) is 57.4 cm³/mol. The van der Waals surface area contributed by atoms with Crippen molar-refractivity contribution in [2.24, 2.45) is 0 Å². The van der Waals surface area contributed by atoms with E-state index in [-0.39, 0.29) is 0 Å². The Morgan fingerprint density at radius 2 is 2.00 bits per heavy atom. The third-order valence-electron chi connectivity index (χ3n) is 1.26. The summed E-state index contributed by atoms with van der Waals surface area (Å²) in [5, 5.41) is 0. The Hall–Kier alpha value is 1.49. The van der Waals surface area contributed by atoms with Crippen molar-refractivity contribution in [2.75, 3.05) is 13.2 Å². The van der Waals surface area contributed by atoms with E-state index < -0.39 is 14.4 Å².